The fourth-order valence-electron chi connectivity index (χ4n) is 2.83. The zero-order chi connectivity index (χ0) is 19.9. The molecule has 1 aliphatic heterocycles. The predicted octanol–water partition coefficient (Wildman–Crippen LogP) is 0.278. The van der Waals surface area contributed by atoms with Gasteiger partial charge in [-0.2, -0.15) is 17.0 Å². The van der Waals surface area contributed by atoms with E-state index in [1.54, 1.807) is 0 Å². The molecule has 1 saturated heterocycles. The number of hydrogen-bond acceptors (Lipinski definition) is 6. The molecule has 0 aromatic carbocycles. The van der Waals surface area contributed by atoms with Crippen molar-refractivity contribution in [1.82, 2.24) is 24.1 Å². The van der Waals surface area contributed by atoms with Crippen LogP contribution in [0.25, 0.3) is 0 Å². The van der Waals surface area contributed by atoms with Crippen molar-refractivity contribution in [3.63, 3.8) is 0 Å². The average Bonchev–Trinajstić information content (AvgIpc) is 3.14. The van der Waals surface area contributed by atoms with Crippen LogP contribution in [0.5, 0.6) is 0 Å². The number of piperazine rings is 1. The van der Waals surface area contributed by atoms with Crippen LogP contribution in [0.1, 0.15) is 18.7 Å². The Morgan fingerprint density at radius 2 is 1.85 bits per heavy atom. The maximum Gasteiger partial charge on any atom is 0.321 e. The van der Waals surface area contributed by atoms with Crippen LogP contribution in [0.2, 0.25) is 0 Å². The molecule has 0 saturated carbocycles. The highest BCUT2D eigenvalue weighted by atomic mass is 32.2. The Labute approximate surface area is 164 Å². The first-order valence-electron chi connectivity index (χ1n) is 8.94. The minimum atomic E-state index is -3.45. The molecule has 1 aromatic rings. The zero-order valence-electron chi connectivity index (χ0n) is 15.7. The third-order valence-corrected chi connectivity index (χ3v) is 7.38. The number of rotatable bonds is 8. The van der Waals surface area contributed by atoms with Crippen LogP contribution in [-0.2, 0) is 21.5 Å². The van der Waals surface area contributed by atoms with E-state index in [-0.39, 0.29) is 6.54 Å². The topological polar surface area (TPSA) is 102 Å². The minimum absolute atomic E-state index is 0.0611. The second kappa shape index (κ2) is 10.1. The lowest BCUT2D eigenvalue weighted by Gasteiger charge is -2.35. The van der Waals surface area contributed by atoms with Crippen molar-refractivity contribution in [2.24, 2.45) is 0 Å². The van der Waals surface area contributed by atoms with E-state index in [1.807, 2.05) is 36.3 Å². The van der Waals surface area contributed by atoms with Gasteiger partial charge in [-0.05, 0) is 11.4 Å². The second-order valence-electron chi connectivity index (χ2n) is 6.08. The number of urea groups is 1. The van der Waals surface area contributed by atoms with E-state index in [0.717, 1.165) is 4.88 Å². The summed E-state index contributed by atoms with van der Waals surface area (Å²) < 4.78 is 27.9. The lowest BCUT2D eigenvalue weighted by Crippen LogP contribution is -2.54. The van der Waals surface area contributed by atoms with Crippen LogP contribution < -0.4 is 10.6 Å². The molecule has 0 aliphatic carbocycles. The van der Waals surface area contributed by atoms with Gasteiger partial charge in [0, 0.05) is 44.1 Å². The Balaban J connectivity index is 1.73. The smallest absolute Gasteiger partial charge is 0.321 e. The van der Waals surface area contributed by atoms with Gasteiger partial charge in [0.15, 0.2) is 0 Å². The molecule has 3 amide bonds. The number of amides is 3. The number of hydrogen-bond donors (Lipinski definition) is 2. The summed E-state index contributed by atoms with van der Waals surface area (Å²) in [4.78, 5) is 26.6. The van der Waals surface area contributed by atoms with Gasteiger partial charge in [-0.15, -0.1) is 11.3 Å². The van der Waals surface area contributed by atoms with E-state index < -0.39 is 22.1 Å². The maximum atomic E-state index is 12.5. The minimum Gasteiger partial charge on any atom is -0.333 e. The molecule has 0 bridgehead atoms. The molecular formula is C16H27N5O4S2. The number of imide groups is 1. The highest BCUT2D eigenvalue weighted by Crippen LogP contribution is 2.12. The van der Waals surface area contributed by atoms with Crippen LogP contribution in [0.15, 0.2) is 17.5 Å². The predicted molar refractivity (Wildman–Crippen MR) is 105 cm³/mol. The SMILES string of the molecule is CCN(CC)S(=O)(=O)N1CCN(CC(=O)NC(=O)NCc2cccs2)CC1. The van der Waals surface area contributed by atoms with Gasteiger partial charge in [0.05, 0.1) is 13.1 Å². The Kier molecular flexibility index (Phi) is 8.17. The third kappa shape index (κ3) is 6.25. The van der Waals surface area contributed by atoms with E-state index >= 15 is 0 Å². The number of nitrogens with one attached hydrogen (secondary N) is 2. The molecule has 0 unspecified atom stereocenters. The summed E-state index contributed by atoms with van der Waals surface area (Å²) >= 11 is 1.53. The lowest BCUT2D eigenvalue weighted by molar-refractivity contribution is -0.121. The van der Waals surface area contributed by atoms with Crippen molar-refractivity contribution in [3.8, 4) is 0 Å². The molecule has 2 N–H and O–H groups in total. The van der Waals surface area contributed by atoms with Crippen molar-refractivity contribution in [2.75, 3.05) is 45.8 Å². The second-order valence-corrected chi connectivity index (χ2v) is 9.04. The number of carbonyl (C=O) groups excluding carboxylic acids is 2. The van der Waals surface area contributed by atoms with Crippen molar-refractivity contribution >= 4 is 33.5 Å². The molecular weight excluding hydrogens is 390 g/mol. The molecule has 1 fully saturated rings. The van der Waals surface area contributed by atoms with Crippen LogP contribution in [0.3, 0.4) is 0 Å². The summed E-state index contributed by atoms with van der Waals surface area (Å²) in [6.45, 7) is 6.48. The molecule has 11 heteroatoms. The average molecular weight is 418 g/mol. The number of thiophene rings is 1. The number of nitrogens with zero attached hydrogens (tertiary/aromatic N) is 3. The standard InChI is InChI=1S/C16H27N5O4S2/c1-3-20(4-2)27(24,25)21-9-7-19(8-10-21)13-15(22)18-16(23)17-12-14-6-5-11-26-14/h5-6,11H,3-4,7-10,12-13H2,1-2H3,(H2,17,18,22,23). The van der Waals surface area contributed by atoms with E-state index in [0.29, 0.717) is 45.8 Å². The lowest BCUT2D eigenvalue weighted by atomic mass is 10.3. The van der Waals surface area contributed by atoms with E-state index in [4.69, 9.17) is 0 Å². The Bertz CT molecular complexity index is 711. The molecule has 2 rings (SSSR count). The van der Waals surface area contributed by atoms with Crippen molar-refractivity contribution in [3.05, 3.63) is 22.4 Å². The summed E-state index contributed by atoms with van der Waals surface area (Å²) in [6, 6.07) is 3.26. The van der Waals surface area contributed by atoms with Gasteiger partial charge in [0.2, 0.25) is 5.91 Å². The van der Waals surface area contributed by atoms with Gasteiger partial charge in [0.25, 0.3) is 10.2 Å². The van der Waals surface area contributed by atoms with Crippen LogP contribution in [0.4, 0.5) is 4.79 Å². The fraction of sp³-hybridized carbons (Fsp3) is 0.625. The van der Waals surface area contributed by atoms with Crippen LogP contribution in [0, 0.1) is 0 Å². The van der Waals surface area contributed by atoms with E-state index in [9.17, 15) is 18.0 Å². The Morgan fingerprint density at radius 1 is 1.19 bits per heavy atom. The third-order valence-electron chi connectivity index (χ3n) is 4.31. The van der Waals surface area contributed by atoms with Gasteiger partial charge in [-0.1, -0.05) is 19.9 Å². The first kappa shape index (κ1) is 21.8. The van der Waals surface area contributed by atoms with Gasteiger partial charge in [-0.25, -0.2) is 4.79 Å². The molecule has 1 aliphatic rings. The quantitative estimate of drug-likeness (QED) is 0.633. The number of carbonyl (C=O) groups is 2. The van der Waals surface area contributed by atoms with Gasteiger partial charge < -0.3 is 5.32 Å². The van der Waals surface area contributed by atoms with Crippen molar-refractivity contribution in [2.45, 2.75) is 20.4 Å². The molecule has 0 atom stereocenters. The van der Waals surface area contributed by atoms with E-state index in [1.165, 1.54) is 19.9 Å². The summed E-state index contributed by atoms with van der Waals surface area (Å²) in [5.41, 5.74) is 0. The first-order valence-corrected chi connectivity index (χ1v) is 11.2. The molecule has 9 nitrogen and oxygen atoms in total. The van der Waals surface area contributed by atoms with Gasteiger partial charge in [-0.3, -0.25) is 15.0 Å². The fourth-order valence-corrected chi connectivity index (χ4v) is 5.07. The molecule has 1 aromatic heterocycles. The first-order chi connectivity index (χ1) is 12.9. The Morgan fingerprint density at radius 3 is 2.41 bits per heavy atom. The van der Waals surface area contributed by atoms with Crippen LogP contribution in [-0.4, -0.2) is 79.7 Å². The summed E-state index contributed by atoms with van der Waals surface area (Å²) in [7, 11) is -3.45. The highest BCUT2D eigenvalue weighted by molar-refractivity contribution is 7.86. The van der Waals surface area contributed by atoms with E-state index in [2.05, 4.69) is 10.6 Å². The summed E-state index contributed by atoms with van der Waals surface area (Å²) in [5, 5.41) is 6.85. The molecule has 0 spiro atoms. The largest absolute Gasteiger partial charge is 0.333 e. The van der Waals surface area contributed by atoms with Crippen molar-refractivity contribution < 1.29 is 18.0 Å². The highest BCUT2D eigenvalue weighted by Gasteiger charge is 2.31. The van der Waals surface area contributed by atoms with Crippen molar-refractivity contribution in [1.29, 1.82) is 0 Å². The van der Waals surface area contributed by atoms with Gasteiger partial charge >= 0.3 is 6.03 Å². The maximum absolute atomic E-state index is 12.5. The van der Waals surface area contributed by atoms with Gasteiger partial charge in [0.1, 0.15) is 0 Å². The molecule has 152 valence electrons. The van der Waals surface area contributed by atoms with Crippen LogP contribution >= 0.6 is 11.3 Å². The Hall–Kier alpha value is -1.53. The molecule has 27 heavy (non-hydrogen) atoms. The zero-order valence-corrected chi connectivity index (χ0v) is 17.3. The molecule has 0 radical (unpaired) electrons. The summed E-state index contributed by atoms with van der Waals surface area (Å²) in [5.74, 6) is -0.404. The monoisotopic (exact) mass is 417 g/mol. The summed E-state index contributed by atoms with van der Waals surface area (Å²) in [6.07, 6.45) is 0. The normalized spacial score (nSPS) is 16.4. The molecule has 2 heterocycles.